The first kappa shape index (κ1) is 15.7. The molecule has 2 atom stereocenters. The van der Waals surface area contributed by atoms with Crippen LogP contribution in [0, 0.1) is 5.41 Å². The molecule has 1 aliphatic rings. The van der Waals surface area contributed by atoms with Crippen molar-refractivity contribution in [1.29, 1.82) is 0 Å². The summed E-state index contributed by atoms with van der Waals surface area (Å²) in [5, 5.41) is 2.82. The highest BCUT2D eigenvalue weighted by molar-refractivity contribution is 6.00. The average molecular weight is 293 g/mol. The van der Waals surface area contributed by atoms with Gasteiger partial charge in [0, 0.05) is 30.7 Å². The molecule has 0 aromatic carbocycles. The normalized spacial score (nSPS) is 26.8. The van der Waals surface area contributed by atoms with E-state index in [1.165, 1.54) is 0 Å². The lowest BCUT2D eigenvalue weighted by atomic mass is 9.54. The van der Waals surface area contributed by atoms with Crippen LogP contribution >= 0.6 is 0 Å². The Bertz CT molecular complexity index is 533. The van der Waals surface area contributed by atoms with Crippen molar-refractivity contribution in [2.75, 3.05) is 19.0 Å². The summed E-state index contributed by atoms with van der Waals surface area (Å²) in [7, 11) is 1.54. The Morgan fingerprint density at radius 3 is 2.86 bits per heavy atom. The number of pyridine rings is 1. The molecule has 1 fully saturated rings. The number of carbonyl (C=O) groups is 1. The number of ether oxygens (including phenoxy) is 2. The van der Waals surface area contributed by atoms with Crippen LogP contribution in [-0.2, 0) is 9.53 Å². The van der Waals surface area contributed by atoms with Gasteiger partial charge in [-0.1, -0.05) is 13.8 Å². The van der Waals surface area contributed by atoms with E-state index in [1.807, 2.05) is 20.8 Å². The van der Waals surface area contributed by atoms with E-state index in [0.29, 0.717) is 24.5 Å². The van der Waals surface area contributed by atoms with Crippen LogP contribution in [0.25, 0.3) is 0 Å². The zero-order valence-electron chi connectivity index (χ0n) is 13.0. The van der Waals surface area contributed by atoms with Gasteiger partial charge in [-0.05, 0) is 6.92 Å². The van der Waals surface area contributed by atoms with Gasteiger partial charge in [0.05, 0.1) is 19.4 Å². The van der Waals surface area contributed by atoms with Gasteiger partial charge in [-0.15, -0.1) is 0 Å². The molecule has 1 amide bonds. The standard InChI is InChI=1S/C15H23N3O3/c1-5-21-12-8-15(16,14(12,2)3)13(19)18-10-9-17-7-6-11(10)20-4/h6-7,9,12H,5,8,16H2,1-4H3,(H,18,19). The molecule has 1 heterocycles. The molecule has 1 aliphatic carbocycles. The van der Waals surface area contributed by atoms with Crippen molar-refractivity contribution in [1.82, 2.24) is 4.98 Å². The highest BCUT2D eigenvalue weighted by Gasteiger charge is 2.62. The molecule has 2 unspecified atom stereocenters. The minimum atomic E-state index is -0.965. The summed E-state index contributed by atoms with van der Waals surface area (Å²) >= 11 is 0. The maximum Gasteiger partial charge on any atom is 0.245 e. The maximum atomic E-state index is 12.6. The van der Waals surface area contributed by atoms with Gasteiger partial charge in [-0.2, -0.15) is 0 Å². The third-order valence-corrected chi connectivity index (χ3v) is 4.48. The first-order valence-corrected chi connectivity index (χ1v) is 7.06. The highest BCUT2D eigenvalue weighted by Crippen LogP contribution is 2.50. The quantitative estimate of drug-likeness (QED) is 0.860. The first-order chi connectivity index (χ1) is 9.86. The molecule has 1 saturated carbocycles. The number of carbonyl (C=O) groups excluding carboxylic acids is 1. The van der Waals surface area contributed by atoms with Gasteiger partial charge in [0.15, 0.2) is 0 Å². The summed E-state index contributed by atoms with van der Waals surface area (Å²) in [6.45, 7) is 6.46. The Morgan fingerprint density at radius 2 is 2.29 bits per heavy atom. The van der Waals surface area contributed by atoms with Crippen LogP contribution in [0.3, 0.4) is 0 Å². The van der Waals surface area contributed by atoms with Crippen LogP contribution < -0.4 is 15.8 Å². The van der Waals surface area contributed by atoms with E-state index in [2.05, 4.69) is 10.3 Å². The van der Waals surface area contributed by atoms with E-state index in [1.54, 1.807) is 25.6 Å². The van der Waals surface area contributed by atoms with Gasteiger partial charge in [-0.3, -0.25) is 9.78 Å². The van der Waals surface area contributed by atoms with Gasteiger partial charge in [0.1, 0.15) is 17.0 Å². The third kappa shape index (κ3) is 2.49. The minimum absolute atomic E-state index is 0.00551. The zero-order chi connectivity index (χ0) is 15.7. The van der Waals surface area contributed by atoms with Gasteiger partial charge in [0.25, 0.3) is 0 Å². The molecule has 0 bridgehead atoms. The van der Waals surface area contributed by atoms with E-state index in [0.717, 1.165) is 0 Å². The third-order valence-electron chi connectivity index (χ3n) is 4.48. The number of rotatable bonds is 5. The fraction of sp³-hybridized carbons (Fsp3) is 0.600. The molecule has 0 aliphatic heterocycles. The van der Waals surface area contributed by atoms with Crippen LogP contribution in [0.5, 0.6) is 5.75 Å². The molecule has 116 valence electrons. The van der Waals surface area contributed by atoms with E-state index >= 15 is 0 Å². The number of amides is 1. The molecule has 2 rings (SSSR count). The van der Waals surface area contributed by atoms with Crippen LogP contribution in [0.1, 0.15) is 27.2 Å². The molecule has 0 saturated heterocycles. The summed E-state index contributed by atoms with van der Waals surface area (Å²) in [6.07, 6.45) is 3.65. The van der Waals surface area contributed by atoms with Crippen LogP contribution in [-0.4, -0.2) is 36.3 Å². The number of anilines is 1. The fourth-order valence-electron chi connectivity index (χ4n) is 2.71. The Kier molecular flexibility index (Phi) is 4.20. The molecular weight excluding hydrogens is 270 g/mol. The summed E-state index contributed by atoms with van der Waals surface area (Å²) in [4.78, 5) is 16.6. The van der Waals surface area contributed by atoms with Crippen molar-refractivity contribution >= 4 is 11.6 Å². The predicted octanol–water partition coefficient (Wildman–Crippen LogP) is 1.56. The van der Waals surface area contributed by atoms with Crippen molar-refractivity contribution in [2.24, 2.45) is 11.1 Å². The highest BCUT2D eigenvalue weighted by atomic mass is 16.5. The van der Waals surface area contributed by atoms with E-state index in [9.17, 15) is 4.79 Å². The molecule has 3 N–H and O–H groups in total. The lowest BCUT2D eigenvalue weighted by molar-refractivity contribution is -0.166. The first-order valence-electron chi connectivity index (χ1n) is 7.06. The molecule has 0 spiro atoms. The van der Waals surface area contributed by atoms with Gasteiger partial charge >= 0.3 is 0 Å². The molecule has 1 aromatic heterocycles. The molecule has 0 radical (unpaired) electrons. The van der Waals surface area contributed by atoms with Gasteiger partial charge in [0.2, 0.25) is 5.91 Å². The monoisotopic (exact) mass is 293 g/mol. The molecule has 1 aromatic rings. The summed E-state index contributed by atoms with van der Waals surface area (Å²) in [6, 6.07) is 1.69. The topological polar surface area (TPSA) is 86.5 Å². The van der Waals surface area contributed by atoms with E-state index in [4.69, 9.17) is 15.2 Å². The predicted molar refractivity (Wildman–Crippen MR) is 80.1 cm³/mol. The number of aromatic nitrogens is 1. The largest absolute Gasteiger partial charge is 0.494 e. The average Bonchev–Trinajstić information content (AvgIpc) is 2.47. The minimum Gasteiger partial charge on any atom is -0.494 e. The Morgan fingerprint density at radius 1 is 1.57 bits per heavy atom. The number of nitrogens with one attached hydrogen (secondary N) is 1. The van der Waals surface area contributed by atoms with Crippen molar-refractivity contribution < 1.29 is 14.3 Å². The summed E-state index contributed by atoms with van der Waals surface area (Å²) in [5.41, 5.74) is 5.46. The van der Waals surface area contributed by atoms with Crippen LogP contribution in [0.2, 0.25) is 0 Å². The number of nitrogens with two attached hydrogens (primary N) is 1. The smallest absolute Gasteiger partial charge is 0.245 e. The van der Waals surface area contributed by atoms with E-state index in [-0.39, 0.29) is 12.0 Å². The molecule has 6 heteroatoms. The second-order valence-electron chi connectivity index (χ2n) is 5.87. The number of nitrogens with zero attached hydrogens (tertiary/aromatic N) is 1. The fourth-order valence-corrected chi connectivity index (χ4v) is 2.71. The zero-order valence-corrected chi connectivity index (χ0v) is 13.0. The van der Waals surface area contributed by atoms with Gasteiger partial charge < -0.3 is 20.5 Å². The van der Waals surface area contributed by atoms with E-state index < -0.39 is 11.0 Å². The second kappa shape index (κ2) is 5.61. The number of methoxy groups -OCH3 is 1. The molecule has 21 heavy (non-hydrogen) atoms. The van der Waals surface area contributed by atoms with Crippen molar-refractivity contribution in [3.63, 3.8) is 0 Å². The number of hydrogen-bond donors (Lipinski definition) is 2. The summed E-state index contributed by atoms with van der Waals surface area (Å²) in [5.74, 6) is 0.315. The second-order valence-corrected chi connectivity index (χ2v) is 5.87. The summed E-state index contributed by atoms with van der Waals surface area (Å²) < 4.78 is 10.8. The molecule has 6 nitrogen and oxygen atoms in total. The van der Waals surface area contributed by atoms with Gasteiger partial charge in [-0.25, -0.2) is 0 Å². The van der Waals surface area contributed by atoms with Crippen molar-refractivity contribution in [2.45, 2.75) is 38.8 Å². The Hall–Kier alpha value is -1.66. The number of hydrogen-bond acceptors (Lipinski definition) is 5. The Labute approximate surface area is 125 Å². The van der Waals surface area contributed by atoms with Crippen molar-refractivity contribution in [3.05, 3.63) is 18.5 Å². The Balaban J connectivity index is 2.14. The lowest BCUT2D eigenvalue weighted by Gasteiger charge is -2.57. The maximum absolute atomic E-state index is 12.6. The molecular formula is C15H23N3O3. The van der Waals surface area contributed by atoms with Crippen molar-refractivity contribution in [3.8, 4) is 5.75 Å². The van der Waals surface area contributed by atoms with Crippen LogP contribution in [0.15, 0.2) is 18.5 Å². The lowest BCUT2D eigenvalue weighted by Crippen LogP contribution is -2.74. The van der Waals surface area contributed by atoms with Crippen LogP contribution in [0.4, 0.5) is 5.69 Å². The SMILES string of the molecule is CCOC1CC(N)(C(=O)Nc2cnccc2OC)C1(C)C.